The van der Waals surface area contributed by atoms with E-state index in [4.69, 9.17) is 5.50 Å². The van der Waals surface area contributed by atoms with E-state index in [0.717, 1.165) is 6.42 Å². The van der Waals surface area contributed by atoms with Crippen molar-refractivity contribution < 1.29 is 9.09 Å². The number of hydrogen-bond donors (Lipinski definition) is 2. The van der Waals surface area contributed by atoms with Crippen LogP contribution in [-0.2, 0) is 9.09 Å². The molecule has 48 valence electrons. The molecule has 1 heterocycles. The van der Waals surface area contributed by atoms with Gasteiger partial charge in [-0.05, 0) is 6.42 Å². The molecular formula is C3H9N2O2P. The summed E-state index contributed by atoms with van der Waals surface area (Å²) >= 11 is 0. The number of rotatable bonds is 0. The largest absolute Gasteiger partial charge is 0.338 e. The van der Waals surface area contributed by atoms with Crippen molar-refractivity contribution >= 4 is 7.67 Å². The molecule has 0 aliphatic carbocycles. The van der Waals surface area contributed by atoms with Gasteiger partial charge in [0, 0.05) is 6.54 Å². The first kappa shape index (κ1) is 6.23. The van der Waals surface area contributed by atoms with Crippen LogP contribution in [0.5, 0.6) is 0 Å². The molecule has 1 unspecified atom stereocenters. The maximum atomic E-state index is 10.7. The Kier molecular flexibility index (Phi) is 1.68. The van der Waals surface area contributed by atoms with Gasteiger partial charge in [-0.3, -0.25) is 4.57 Å². The molecule has 0 saturated carbocycles. The smallest absolute Gasteiger partial charge is 0.306 e. The van der Waals surface area contributed by atoms with Crippen molar-refractivity contribution in [3.8, 4) is 0 Å². The van der Waals surface area contributed by atoms with Gasteiger partial charge < -0.3 is 4.52 Å². The molecule has 1 aliphatic rings. The van der Waals surface area contributed by atoms with Gasteiger partial charge in [-0.1, -0.05) is 0 Å². The second-order valence-corrected chi connectivity index (χ2v) is 3.46. The van der Waals surface area contributed by atoms with E-state index in [0.29, 0.717) is 13.2 Å². The summed E-state index contributed by atoms with van der Waals surface area (Å²) in [7, 11) is -2.84. The lowest BCUT2D eigenvalue weighted by Crippen LogP contribution is -2.25. The van der Waals surface area contributed by atoms with Crippen LogP contribution in [0.4, 0.5) is 0 Å². The average Bonchev–Trinajstić information content (AvgIpc) is 1.65. The summed E-state index contributed by atoms with van der Waals surface area (Å²) in [6, 6.07) is 0. The quantitative estimate of drug-likeness (QED) is 0.462. The third kappa shape index (κ3) is 1.56. The molecule has 0 spiro atoms. The van der Waals surface area contributed by atoms with Gasteiger partial charge in [0.15, 0.2) is 0 Å². The highest BCUT2D eigenvalue weighted by Gasteiger charge is 2.18. The molecule has 0 aromatic carbocycles. The summed E-state index contributed by atoms with van der Waals surface area (Å²) in [5.74, 6) is 0. The second-order valence-electron chi connectivity index (χ2n) is 1.69. The molecule has 1 aliphatic heterocycles. The molecule has 3 N–H and O–H groups in total. The highest BCUT2D eigenvalue weighted by atomic mass is 31.2. The van der Waals surface area contributed by atoms with Crippen LogP contribution in [0.2, 0.25) is 0 Å². The number of hydrogen-bond acceptors (Lipinski definition) is 2. The fourth-order valence-corrected chi connectivity index (χ4v) is 1.51. The monoisotopic (exact) mass is 136 g/mol. The van der Waals surface area contributed by atoms with Crippen LogP contribution in [0.25, 0.3) is 0 Å². The predicted octanol–water partition coefficient (Wildman–Crippen LogP) is 0.0631. The van der Waals surface area contributed by atoms with E-state index in [1.165, 1.54) is 0 Å². The van der Waals surface area contributed by atoms with Crippen LogP contribution in [0.1, 0.15) is 6.42 Å². The Balaban J connectivity index is 2.45. The van der Waals surface area contributed by atoms with Gasteiger partial charge in [0.05, 0.1) is 6.61 Å². The lowest BCUT2D eigenvalue weighted by Gasteiger charge is -2.18. The van der Waals surface area contributed by atoms with Crippen molar-refractivity contribution in [2.75, 3.05) is 13.2 Å². The molecule has 1 rings (SSSR count). The van der Waals surface area contributed by atoms with Gasteiger partial charge in [-0.25, -0.2) is 10.6 Å². The fourth-order valence-electron chi connectivity index (χ4n) is 0.553. The first-order chi connectivity index (χ1) is 3.71. The maximum Gasteiger partial charge on any atom is 0.338 e. The minimum absolute atomic E-state index is 0.515. The lowest BCUT2D eigenvalue weighted by atomic mass is 10.5. The van der Waals surface area contributed by atoms with Gasteiger partial charge in [0.2, 0.25) is 0 Å². The minimum Gasteiger partial charge on any atom is -0.306 e. The predicted molar refractivity (Wildman–Crippen MR) is 30.4 cm³/mol. The minimum atomic E-state index is -2.84. The Morgan fingerprint density at radius 1 is 1.75 bits per heavy atom. The van der Waals surface area contributed by atoms with Gasteiger partial charge >= 0.3 is 7.67 Å². The van der Waals surface area contributed by atoms with Crippen molar-refractivity contribution in [2.45, 2.75) is 6.42 Å². The van der Waals surface area contributed by atoms with Crippen LogP contribution in [0, 0.1) is 0 Å². The van der Waals surface area contributed by atoms with Gasteiger partial charge in [-0.2, -0.15) is 0 Å². The first-order valence-corrected chi connectivity index (χ1v) is 4.18. The average molecular weight is 136 g/mol. The number of nitrogens with one attached hydrogen (secondary N) is 1. The molecule has 0 radical (unpaired) electrons. The van der Waals surface area contributed by atoms with Crippen LogP contribution in [-0.4, -0.2) is 13.2 Å². The molecule has 5 heteroatoms. The topological polar surface area (TPSA) is 64.4 Å². The molecule has 1 fully saturated rings. The normalized spacial score (nSPS) is 39.6. The van der Waals surface area contributed by atoms with E-state index in [2.05, 4.69) is 9.61 Å². The molecule has 0 bridgehead atoms. The summed E-state index contributed by atoms with van der Waals surface area (Å²) in [4.78, 5) is 0. The SMILES string of the molecule is NP1(=O)NCCCO1. The molecule has 0 aromatic rings. The third-order valence-electron chi connectivity index (χ3n) is 0.936. The van der Waals surface area contributed by atoms with Crippen LogP contribution >= 0.6 is 7.67 Å². The Labute approximate surface area is 48.0 Å². The molecule has 0 aromatic heterocycles. The Hall–Kier alpha value is 0.110. The third-order valence-corrected chi connectivity index (χ3v) is 2.17. The molecule has 1 atom stereocenters. The molecular weight excluding hydrogens is 127 g/mol. The lowest BCUT2D eigenvalue weighted by molar-refractivity contribution is 0.278. The zero-order valence-electron chi connectivity index (χ0n) is 4.46. The summed E-state index contributed by atoms with van der Waals surface area (Å²) in [6.45, 7) is 1.22. The molecule has 4 nitrogen and oxygen atoms in total. The van der Waals surface area contributed by atoms with E-state index in [1.54, 1.807) is 0 Å². The van der Waals surface area contributed by atoms with E-state index in [1.807, 2.05) is 0 Å². The van der Waals surface area contributed by atoms with Crippen LogP contribution < -0.4 is 10.6 Å². The van der Waals surface area contributed by atoms with Gasteiger partial charge in [-0.15, -0.1) is 0 Å². The Morgan fingerprint density at radius 3 is 2.75 bits per heavy atom. The summed E-state index contributed by atoms with van der Waals surface area (Å²) in [5.41, 5.74) is 5.10. The fraction of sp³-hybridized carbons (Fsp3) is 1.00. The van der Waals surface area contributed by atoms with Crippen LogP contribution in [0.3, 0.4) is 0 Å². The highest BCUT2D eigenvalue weighted by molar-refractivity contribution is 7.54. The van der Waals surface area contributed by atoms with Crippen molar-refractivity contribution in [1.82, 2.24) is 5.09 Å². The van der Waals surface area contributed by atoms with E-state index in [9.17, 15) is 4.57 Å². The van der Waals surface area contributed by atoms with Crippen molar-refractivity contribution in [3.63, 3.8) is 0 Å². The van der Waals surface area contributed by atoms with Crippen molar-refractivity contribution in [1.29, 1.82) is 0 Å². The molecule has 8 heavy (non-hydrogen) atoms. The second kappa shape index (κ2) is 2.15. The number of nitrogens with two attached hydrogens (primary N) is 1. The van der Waals surface area contributed by atoms with E-state index < -0.39 is 7.67 Å². The highest BCUT2D eigenvalue weighted by Crippen LogP contribution is 2.34. The summed E-state index contributed by atoms with van der Waals surface area (Å²) in [5, 5.41) is 2.57. The summed E-state index contributed by atoms with van der Waals surface area (Å²) < 4.78 is 15.4. The molecule has 0 amide bonds. The van der Waals surface area contributed by atoms with Crippen LogP contribution in [0.15, 0.2) is 0 Å². The maximum absolute atomic E-state index is 10.7. The van der Waals surface area contributed by atoms with Crippen molar-refractivity contribution in [2.24, 2.45) is 5.50 Å². The zero-order valence-corrected chi connectivity index (χ0v) is 5.36. The standard InChI is InChI=1S/C3H9N2O2P/c4-8(6)5-2-1-3-7-8/h1-3H2,(H3,4,5,6). The zero-order chi connectivity index (χ0) is 6.04. The molecule has 1 saturated heterocycles. The first-order valence-electron chi connectivity index (χ1n) is 2.49. The Morgan fingerprint density at radius 2 is 2.50 bits per heavy atom. The van der Waals surface area contributed by atoms with Crippen molar-refractivity contribution in [3.05, 3.63) is 0 Å². The Bertz CT molecular complexity index is 116. The van der Waals surface area contributed by atoms with E-state index in [-0.39, 0.29) is 0 Å². The van der Waals surface area contributed by atoms with E-state index >= 15 is 0 Å². The van der Waals surface area contributed by atoms with Gasteiger partial charge in [0.25, 0.3) is 0 Å². The summed E-state index contributed by atoms with van der Waals surface area (Å²) in [6.07, 6.45) is 0.890. The van der Waals surface area contributed by atoms with Gasteiger partial charge in [0.1, 0.15) is 0 Å².